The van der Waals surface area contributed by atoms with E-state index in [4.69, 9.17) is 4.74 Å². The van der Waals surface area contributed by atoms with Gasteiger partial charge in [-0.3, -0.25) is 14.4 Å². The molecule has 42 heavy (non-hydrogen) atoms. The quantitative estimate of drug-likeness (QED) is 0.241. The predicted octanol–water partition coefficient (Wildman–Crippen LogP) is 8.14. The van der Waals surface area contributed by atoms with Crippen molar-refractivity contribution in [1.82, 2.24) is 0 Å². The number of hydrogen-bond acceptors (Lipinski definition) is 4. The SMILES string of the molecule is C=C(C)[C@@H]1CCC2(C(=O)O)CC[C@]3(C)[C@H](CCC4[C@@]5(C)CCC(OC(=O)CC(C)(C)C(=O)O)C(C)(C)[C@@H]5CC[C@]43C)[C@@H]12. The summed E-state index contributed by atoms with van der Waals surface area (Å²) in [6.45, 7) is 21.7. The molecule has 6 nitrogen and oxygen atoms in total. The van der Waals surface area contributed by atoms with E-state index >= 15 is 0 Å². The molecule has 0 aromatic heterocycles. The average Bonchev–Trinajstić information content (AvgIpc) is 3.27. The van der Waals surface area contributed by atoms with Crippen molar-refractivity contribution in [3.05, 3.63) is 12.2 Å². The first-order valence-corrected chi connectivity index (χ1v) is 16.6. The van der Waals surface area contributed by atoms with Crippen LogP contribution < -0.4 is 0 Å². The Labute approximate surface area is 253 Å². The third kappa shape index (κ3) is 4.19. The molecule has 0 amide bonds. The molecule has 0 saturated heterocycles. The van der Waals surface area contributed by atoms with Gasteiger partial charge in [-0.2, -0.15) is 0 Å². The molecule has 0 aromatic rings. The smallest absolute Gasteiger partial charge is 0.309 e. The Morgan fingerprint density at radius 2 is 1.50 bits per heavy atom. The van der Waals surface area contributed by atoms with E-state index in [-0.39, 0.29) is 40.1 Å². The normalized spacial score (nSPS) is 45.9. The number of rotatable bonds is 6. The first-order chi connectivity index (χ1) is 19.3. The molecule has 6 heteroatoms. The summed E-state index contributed by atoms with van der Waals surface area (Å²) in [5, 5.41) is 20.1. The second kappa shape index (κ2) is 9.83. The largest absolute Gasteiger partial charge is 0.481 e. The number of ether oxygens (including phenoxy) is 1. The molecule has 5 rings (SSSR count). The number of esters is 1. The molecule has 0 aromatic carbocycles. The number of fused-ring (bicyclic) bond motifs is 7. The molecular weight excluding hydrogens is 528 g/mol. The molecule has 5 fully saturated rings. The number of carbonyl (C=O) groups is 3. The number of aliphatic carboxylic acids is 2. The van der Waals surface area contributed by atoms with Gasteiger partial charge in [-0.25, -0.2) is 0 Å². The van der Waals surface area contributed by atoms with Crippen LogP contribution in [-0.4, -0.2) is 34.2 Å². The molecule has 2 N–H and O–H groups in total. The van der Waals surface area contributed by atoms with Gasteiger partial charge in [-0.15, -0.1) is 0 Å². The van der Waals surface area contributed by atoms with Gasteiger partial charge in [0.05, 0.1) is 17.3 Å². The number of hydrogen-bond donors (Lipinski definition) is 2. The van der Waals surface area contributed by atoms with Crippen LogP contribution in [0.4, 0.5) is 0 Å². The van der Waals surface area contributed by atoms with Crippen LogP contribution in [0, 0.1) is 62.1 Å². The van der Waals surface area contributed by atoms with Gasteiger partial charge in [0.1, 0.15) is 6.10 Å². The first kappa shape index (κ1) is 31.6. The van der Waals surface area contributed by atoms with E-state index in [1.54, 1.807) is 13.8 Å². The lowest BCUT2D eigenvalue weighted by molar-refractivity contribution is -0.250. The van der Waals surface area contributed by atoms with Gasteiger partial charge in [0.2, 0.25) is 0 Å². The zero-order valence-corrected chi connectivity index (χ0v) is 27.5. The van der Waals surface area contributed by atoms with Gasteiger partial charge < -0.3 is 14.9 Å². The highest BCUT2D eigenvalue weighted by Crippen LogP contribution is 2.77. The molecule has 10 atom stereocenters. The molecule has 0 bridgehead atoms. The molecule has 5 saturated carbocycles. The Kier molecular flexibility index (Phi) is 7.39. The molecule has 0 heterocycles. The summed E-state index contributed by atoms with van der Waals surface area (Å²) in [4.78, 5) is 37.5. The number of carboxylic acids is 2. The van der Waals surface area contributed by atoms with Crippen LogP contribution in [-0.2, 0) is 19.1 Å². The van der Waals surface area contributed by atoms with Crippen LogP contribution in [0.15, 0.2) is 12.2 Å². The Morgan fingerprint density at radius 1 is 0.833 bits per heavy atom. The molecule has 0 radical (unpaired) electrons. The average molecular weight is 585 g/mol. The Balaban J connectivity index is 1.42. The zero-order valence-electron chi connectivity index (χ0n) is 27.5. The Morgan fingerprint density at radius 3 is 2.10 bits per heavy atom. The highest BCUT2D eigenvalue weighted by molar-refractivity contribution is 5.81. The Bertz CT molecular complexity index is 1170. The monoisotopic (exact) mass is 584 g/mol. The van der Waals surface area contributed by atoms with Crippen molar-refractivity contribution < 1.29 is 29.3 Å². The zero-order chi connectivity index (χ0) is 31.3. The molecule has 3 unspecified atom stereocenters. The molecule has 5 aliphatic carbocycles. The van der Waals surface area contributed by atoms with Crippen molar-refractivity contribution in [2.24, 2.45) is 62.1 Å². The van der Waals surface area contributed by atoms with Crippen molar-refractivity contribution in [2.75, 3.05) is 0 Å². The second-order valence-electron chi connectivity index (χ2n) is 17.4. The van der Waals surface area contributed by atoms with Crippen LogP contribution in [0.25, 0.3) is 0 Å². The van der Waals surface area contributed by atoms with Gasteiger partial charge in [0.15, 0.2) is 0 Å². The lowest BCUT2D eigenvalue weighted by Gasteiger charge is -2.72. The molecule has 236 valence electrons. The highest BCUT2D eigenvalue weighted by atomic mass is 16.5. The summed E-state index contributed by atoms with van der Waals surface area (Å²) in [6.07, 6.45) is 9.38. The van der Waals surface area contributed by atoms with Crippen LogP contribution in [0.1, 0.15) is 126 Å². The van der Waals surface area contributed by atoms with E-state index in [2.05, 4.69) is 48.1 Å². The lowest BCUT2D eigenvalue weighted by atomic mass is 9.32. The fourth-order valence-electron chi connectivity index (χ4n) is 12.3. The van der Waals surface area contributed by atoms with Crippen molar-refractivity contribution in [3.8, 4) is 0 Å². The maximum absolute atomic E-state index is 12.9. The van der Waals surface area contributed by atoms with Gasteiger partial charge >= 0.3 is 17.9 Å². The van der Waals surface area contributed by atoms with E-state index in [1.807, 2.05) is 0 Å². The molecule has 0 spiro atoms. The number of carboxylic acid groups (broad SMARTS) is 2. The minimum Gasteiger partial charge on any atom is -0.481 e. The van der Waals surface area contributed by atoms with Crippen molar-refractivity contribution >= 4 is 17.9 Å². The van der Waals surface area contributed by atoms with Gasteiger partial charge in [-0.05, 0) is 131 Å². The van der Waals surface area contributed by atoms with E-state index < -0.39 is 28.7 Å². The maximum Gasteiger partial charge on any atom is 0.309 e. The minimum absolute atomic E-state index is 0.0847. The summed E-state index contributed by atoms with van der Waals surface area (Å²) >= 11 is 0. The third-order valence-corrected chi connectivity index (χ3v) is 14.9. The standard InChI is InChI=1S/C36H56O6/c1-21(2)22-12-17-36(30(40)41)19-18-34(8)23(28(22)36)10-11-25-33(7)15-14-26(42-27(37)20-31(3,4)29(38)39)32(5,6)24(33)13-16-35(25,34)9/h22-26,28H,1,10-20H2,2-9H3,(H,38,39)(H,40,41)/t22-,23+,24-,25?,26?,28+,33-,34+,35+,36?/m0/s1. The third-order valence-electron chi connectivity index (χ3n) is 14.9. The topological polar surface area (TPSA) is 101 Å². The van der Waals surface area contributed by atoms with Crippen LogP contribution in [0.2, 0.25) is 0 Å². The van der Waals surface area contributed by atoms with Crippen LogP contribution >= 0.6 is 0 Å². The fraction of sp³-hybridized carbons (Fsp3) is 0.861. The van der Waals surface area contributed by atoms with E-state index in [0.717, 1.165) is 69.8 Å². The summed E-state index contributed by atoms with van der Waals surface area (Å²) in [5.41, 5.74) is -0.477. The molecule has 0 aliphatic heterocycles. The minimum atomic E-state index is -1.15. The summed E-state index contributed by atoms with van der Waals surface area (Å²) < 4.78 is 6.10. The van der Waals surface area contributed by atoms with Crippen LogP contribution in [0.5, 0.6) is 0 Å². The molecule has 5 aliphatic rings. The second-order valence-corrected chi connectivity index (χ2v) is 17.4. The van der Waals surface area contributed by atoms with E-state index in [1.165, 1.54) is 0 Å². The van der Waals surface area contributed by atoms with E-state index in [9.17, 15) is 24.6 Å². The summed E-state index contributed by atoms with van der Waals surface area (Å²) in [7, 11) is 0. The van der Waals surface area contributed by atoms with Crippen LogP contribution in [0.3, 0.4) is 0 Å². The van der Waals surface area contributed by atoms with Crippen molar-refractivity contribution in [1.29, 1.82) is 0 Å². The van der Waals surface area contributed by atoms with Gasteiger partial charge in [0, 0.05) is 5.41 Å². The Hall–Kier alpha value is -1.85. The summed E-state index contributed by atoms with van der Waals surface area (Å²) in [5.74, 6) is -0.165. The van der Waals surface area contributed by atoms with Gasteiger partial charge in [0.25, 0.3) is 0 Å². The molecular formula is C36H56O6. The van der Waals surface area contributed by atoms with Crippen molar-refractivity contribution in [3.63, 3.8) is 0 Å². The maximum atomic E-state index is 12.9. The van der Waals surface area contributed by atoms with Crippen molar-refractivity contribution in [2.45, 2.75) is 132 Å². The first-order valence-electron chi connectivity index (χ1n) is 16.6. The number of carbonyl (C=O) groups excluding carboxylic acids is 1. The highest BCUT2D eigenvalue weighted by Gasteiger charge is 2.72. The predicted molar refractivity (Wildman–Crippen MR) is 163 cm³/mol. The lowest BCUT2D eigenvalue weighted by Crippen LogP contribution is -2.67. The fourth-order valence-corrected chi connectivity index (χ4v) is 12.3. The van der Waals surface area contributed by atoms with Gasteiger partial charge in [-0.1, -0.05) is 46.8 Å². The number of allylic oxidation sites excluding steroid dienone is 1. The van der Waals surface area contributed by atoms with E-state index in [0.29, 0.717) is 23.7 Å². The summed E-state index contributed by atoms with van der Waals surface area (Å²) in [6, 6.07) is 0.